The number of benzene rings is 1. The Labute approximate surface area is 268 Å². The van der Waals surface area contributed by atoms with Crippen molar-refractivity contribution in [3.05, 3.63) is 88.4 Å². The Hall–Kier alpha value is -4.36. The van der Waals surface area contributed by atoms with Gasteiger partial charge in [0.25, 0.3) is 5.91 Å². The third-order valence-corrected chi connectivity index (χ3v) is 8.04. The minimum atomic E-state index is -1.34. The van der Waals surface area contributed by atoms with Crippen molar-refractivity contribution in [1.82, 2.24) is 5.32 Å². The van der Waals surface area contributed by atoms with E-state index in [0.717, 1.165) is 0 Å². The number of ketones is 2. The van der Waals surface area contributed by atoms with E-state index in [1.54, 1.807) is 43.3 Å². The van der Waals surface area contributed by atoms with Crippen molar-refractivity contribution >= 4 is 29.1 Å². The Morgan fingerprint density at radius 3 is 2.30 bits per heavy atom. The van der Waals surface area contributed by atoms with Crippen LogP contribution in [-0.2, 0) is 33.4 Å². The summed E-state index contributed by atoms with van der Waals surface area (Å²) in [5.74, 6) is 3.24. The summed E-state index contributed by atoms with van der Waals surface area (Å²) in [4.78, 5) is 58.5. The average molecular weight is 638 g/mol. The highest BCUT2D eigenvalue weighted by Crippen LogP contribution is 2.35. The van der Waals surface area contributed by atoms with Crippen LogP contribution in [0.25, 0.3) is 5.57 Å². The summed E-state index contributed by atoms with van der Waals surface area (Å²) < 4.78 is 16.5. The van der Waals surface area contributed by atoms with Gasteiger partial charge in [0.05, 0.1) is 18.8 Å². The molecule has 248 valence electrons. The molecule has 1 heterocycles. The number of primary amides is 1. The van der Waals surface area contributed by atoms with E-state index >= 15 is 0 Å². The van der Waals surface area contributed by atoms with Gasteiger partial charge in [-0.25, -0.2) is 10.7 Å². The van der Waals surface area contributed by atoms with Gasteiger partial charge in [-0.2, -0.15) is 0 Å². The van der Waals surface area contributed by atoms with Gasteiger partial charge in [0.1, 0.15) is 17.9 Å². The Morgan fingerprint density at radius 1 is 1.04 bits per heavy atom. The van der Waals surface area contributed by atoms with Crippen LogP contribution in [0.4, 0.5) is 4.79 Å². The first kappa shape index (κ1) is 36.1. The first-order chi connectivity index (χ1) is 21.8. The van der Waals surface area contributed by atoms with Gasteiger partial charge in [0.15, 0.2) is 11.9 Å². The Kier molecular flexibility index (Phi) is 12.8. The van der Waals surface area contributed by atoms with Crippen LogP contribution in [0, 0.1) is 11.8 Å². The minimum Gasteiger partial charge on any atom is -0.492 e. The predicted octanol–water partition coefficient (Wildman–Crippen LogP) is 3.18. The van der Waals surface area contributed by atoms with E-state index < -0.39 is 53.9 Å². The molecule has 0 radical (unpaired) electrons. The second-order valence-electron chi connectivity index (χ2n) is 11.5. The van der Waals surface area contributed by atoms with Gasteiger partial charge in [0.2, 0.25) is 11.6 Å². The van der Waals surface area contributed by atoms with Gasteiger partial charge >= 0.3 is 6.09 Å². The van der Waals surface area contributed by atoms with Crippen LogP contribution in [0.5, 0.6) is 0 Å². The number of nitrogens with one attached hydrogen (secondary N) is 1. The molecule has 0 aromatic heterocycles. The topological polar surface area (TPSA) is 190 Å². The first-order valence-corrected chi connectivity index (χ1v) is 14.9. The van der Waals surface area contributed by atoms with Crippen LogP contribution in [0.15, 0.2) is 82.8 Å². The van der Waals surface area contributed by atoms with Gasteiger partial charge in [-0.15, -0.1) is 0 Å². The number of methoxy groups -OCH3 is 2. The number of aliphatic hydroxyl groups is 1. The summed E-state index contributed by atoms with van der Waals surface area (Å²) in [6.07, 6.45) is 1.49. The molecule has 3 rings (SSSR count). The van der Waals surface area contributed by atoms with Gasteiger partial charge in [-0.3, -0.25) is 19.2 Å². The van der Waals surface area contributed by atoms with Crippen molar-refractivity contribution < 1.29 is 43.3 Å². The Morgan fingerprint density at radius 2 is 1.72 bits per heavy atom. The number of hydrogen-bond acceptors (Lipinski definition) is 10. The molecule has 0 unspecified atom stereocenters. The fraction of sp³-hybridized carbons (Fsp3) is 0.412. The summed E-state index contributed by atoms with van der Waals surface area (Å²) in [6.45, 7) is 6.88. The number of Topliss-reactive ketones (excluding diaryl/α,β-unsaturated/α-hetero) is 2. The molecule has 0 spiro atoms. The monoisotopic (exact) mass is 637 g/mol. The van der Waals surface area contributed by atoms with Crippen LogP contribution in [0.1, 0.15) is 46.1 Å². The molecule has 6 atom stereocenters. The number of rotatable bonds is 5. The van der Waals surface area contributed by atoms with Crippen LogP contribution < -0.4 is 16.9 Å². The average Bonchev–Trinajstić information content (AvgIpc) is 3.01. The number of amides is 2. The van der Waals surface area contributed by atoms with Crippen LogP contribution in [0.3, 0.4) is 0 Å². The lowest BCUT2D eigenvalue weighted by molar-refractivity contribution is -0.120. The molecule has 1 aromatic rings. The first-order valence-electron chi connectivity index (χ1n) is 14.9. The second kappa shape index (κ2) is 16.3. The van der Waals surface area contributed by atoms with E-state index in [4.69, 9.17) is 30.7 Å². The van der Waals surface area contributed by atoms with E-state index in [2.05, 4.69) is 5.32 Å². The molecule has 2 amide bonds. The van der Waals surface area contributed by atoms with Crippen LogP contribution >= 0.6 is 0 Å². The maximum atomic E-state index is 14.1. The fourth-order valence-electron chi connectivity index (χ4n) is 5.74. The van der Waals surface area contributed by atoms with Crippen molar-refractivity contribution in [2.45, 2.75) is 65.0 Å². The summed E-state index contributed by atoms with van der Waals surface area (Å²) in [7, 11) is 2.83. The van der Waals surface area contributed by atoms with Crippen LogP contribution in [-0.4, -0.2) is 67.3 Å². The Balaban J connectivity index is 2.20. The molecule has 46 heavy (non-hydrogen) atoms. The standard InChI is InChI=1S/C34H43N3O9/c1-18-15-23-28(39)27(26(29(40)32(23)44-6)22-12-8-7-9-13-22)37-33(41)19(2)11-10-14-24(38)30(45-34(35)42)20(3)17-21(4)31(46-36)25(16-18)43-5/h7-14,17-18,21,24-25,30-31,38H,15-16,36H2,1-6H3,(H2,35,42)(H,37,41)/b14-10-,19-11+,20-17+/t18-,21+,24+,25+,30+,31-/m1/s1. The number of aliphatic hydroxyl groups excluding tert-OH is 1. The van der Waals surface area contributed by atoms with Gasteiger partial charge in [-0.05, 0) is 43.7 Å². The zero-order valence-electron chi connectivity index (χ0n) is 26.9. The number of ether oxygens (including phenoxy) is 3. The lowest BCUT2D eigenvalue weighted by atomic mass is 9.82. The predicted molar refractivity (Wildman–Crippen MR) is 170 cm³/mol. The molecule has 0 saturated heterocycles. The molecule has 12 nitrogen and oxygen atoms in total. The SMILES string of the molecule is COC1=C2C[C@@H](C)C[C@H](OC)[C@H](ON)[C@@H](C)/C=C(\C)[C@H](OC(N)=O)[C@@H](O)/C=C\C=C(/C)C(=O)NC(=C(c3ccccc3)C1=O)C2=O. The van der Waals surface area contributed by atoms with E-state index in [1.807, 2.05) is 13.8 Å². The quantitative estimate of drug-likeness (QED) is 0.212. The number of nitrogens with two attached hydrogens (primary N) is 2. The third-order valence-electron chi connectivity index (χ3n) is 8.04. The zero-order chi connectivity index (χ0) is 34.1. The lowest BCUT2D eigenvalue weighted by Crippen LogP contribution is -2.40. The normalized spacial score (nSPS) is 30.1. The summed E-state index contributed by atoms with van der Waals surface area (Å²) in [6, 6.07) is 8.53. The Bertz CT molecular complexity index is 1480. The number of hydrogen-bond donors (Lipinski definition) is 4. The number of carbonyl (C=O) groups excluding carboxylic acids is 4. The maximum Gasteiger partial charge on any atom is 0.405 e. The van der Waals surface area contributed by atoms with Gasteiger partial charge in [0, 0.05) is 24.2 Å². The van der Waals surface area contributed by atoms with Crippen molar-refractivity contribution in [3.8, 4) is 0 Å². The van der Waals surface area contributed by atoms with Crippen LogP contribution in [0.2, 0.25) is 0 Å². The summed E-state index contributed by atoms with van der Waals surface area (Å²) >= 11 is 0. The zero-order valence-corrected chi connectivity index (χ0v) is 26.9. The minimum absolute atomic E-state index is 0.00467. The molecular formula is C34H43N3O9. The van der Waals surface area contributed by atoms with Crippen molar-refractivity contribution in [2.24, 2.45) is 23.5 Å². The molecule has 2 bridgehead atoms. The lowest BCUT2D eigenvalue weighted by Gasteiger charge is -2.31. The highest BCUT2D eigenvalue weighted by molar-refractivity contribution is 6.39. The van der Waals surface area contributed by atoms with E-state index in [0.29, 0.717) is 17.6 Å². The highest BCUT2D eigenvalue weighted by atomic mass is 16.6. The van der Waals surface area contributed by atoms with E-state index in [1.165, 1.54) is 39.4 Å². The number of fused-ring (bicyclic) bond motifs is 2. The van der Waals surface area contributed by atoms with Crippen molar-refractivity contribution in [2.75, 3.05) is 14.2 Å². The van der Waals surface area contributed by atoms with E-state index in [9.17, 15) is 24.3 Å². The smallest absolute Gasteiger partial charge is 0.405 e. The largest absolute Gasteiger partial charge is 0.492 e. The molecule has 1 aromatic carbocycles. The molecule has 0 saturated carbocycles. The maximum absolute atomic E-state index is 14.1. The molecular weight excluding hydrogens is 594 g/mol. The van der Waals surface area contributed by atoms with Gasteiger partial charge in [-0.1, -0.05) is 68.5 Å². The van der Waals surface area contributed by atoms with E-state index in [-0.39, 0.29) is 40.5 Å². The highest BCUT2D eigenvalue weighted by Gasteiger charge is 2.38. The summed E-state index contributed by atoms with van der Waals surface area (Å²) in [5, 5.41) is 13.6. The molecule has 2 aliphatic rings. The molecule has 1 aliphatic carbocycles. The number of carbonyl (C=O) groups is 4. The van der Waals surface area contributed by atoms with Gasteiger partial charge < -0.3 is 30.4 Å². The summed E-state index contributed by atoms with van der Waals surface area (Å²) in [5.41, 5.74) is 6.31. The van der Waals surface area contributed by atoms with Crippen molar-refractivity contribution in [3.63, 3.8) is 0 Å². The molecule has 1 aliphatic heterocycles. The number of allylic oxidation sites excluding steroid dienone is 4. The molecule has 12 heteroatoms. The molecule has 6 N–H and O–H groups in total. The third kappa shape index (κ3) is 8.46. The fourth-order valence-corrected chi connectivity index (χ4v) is 5.74. The van der Waals surface area contributed by atoms with Crippen molar-refractivity contribution in [1.29, 1.82) is 0 Å². The molecule has 0 fully saturated rings. The second-order valence-corrected chi connectivity index (χ2v) is 11.5.